The van der Waals surface area contributed by atoms with Crippen LogP contribution in [0.4, 0.5) is 14.5 Å². The van der Waals surface area contributed by atoms with Gasteiger partial charge in [0.25, 0.3) is 0 Å². The van der Waals surface area contributed by atoms with Crippen molar-refractivity contribution in [2.45, 2.75) is 20.4 Å². The van der Waals surface area contributed by atoms with Crippen LogP contribution in [0.3, 0.4) is 0 Å². The highest BCUT2D eigenvalue weighted by Gasteiger charge is 2.36. The fourth-order valence-electron chi connectivity index (χ4n) is 1.87. The predicted octanol–water partition coefficient (Wildman–Crippen LogP) is 2.64. The van der Waals surface area contributed by atoms with Crippen molar-refractivity contribution in [3.63, 3.8) is 0 Å². The zero-order valence-corrected chi connectivity index (χ0v) is 13.3. The van der Waals surface area contributed by atoms with Crippen molar-refractivity contribution >= 4 is 17.5 Å². The molecule has 0 unspecified atom stereocenters. The Kier molecular flexibility index (Phi) is 5.23. The molecule has 0 bridgehead atoms. The number of amides is 2. The van der Waals surface area contributed by atoms with Gasteiger partial charge < -0.3 is 10.6 Å². The smallest absolute Gasteiger partial charge is 0.239 e. The van der Waals surface area contributed by atoms with E-state index in [1.54, 1.807) is 24.5 Å². The summed E-state index contributed by atoms with van der Waals surface area (Å²) in [6, 6.07) is 6.52. The lowest BCUT2D eigenvalue weighted by Gasteiger charge is -2.22. The summed E-state index contributed by atoms with van der Waals surface area (Å²) in [6.07, 6.45) is 3.22. The van der Waals surface area contributed by atoms with E-state index in [0.29, 0.717) is 0 Å². The van der Waals surface area contributed by atoms with Gasteiger partial charge in [0.1, 0.15) is 5.41 Å². The second-order valence-electron chi connectivity index (χ2n) is 5.75. The van der Waals surface area contributed by atoms with Crippen LogP contribution in [0.15, 0.2) is 42.7 Å². The number of carbonyl (C=O) groups is 2. The van der Waals surface area contributed by atoms with Crippen LogP contribution in [0, 0.1) is 17.0 Å². The number of nitrogens with zero attached hydrogens (tertiary/aromatic N) is 1. The molecular formula is C17H17F2N3O2. The monoisotopic (exact) mass is 333 g/mol. The Hall–Kier alpha value is -2.83. The summed E-state index contributed by atoms with van der Waals surface area (Å²) in [6.45, 7) is 3.12. The van der Waals surface area contributed by atoms with Gasteiger partial charge in [-0.2, -0.15) is 0 Å². The number of hydrogen-bond acceptors (Lipinski definition) is 3. The molecule has 1 aromatic heterocycles. The van der Waals surface area contributed by atoms with Gasteiger partial charge in [0.2, 0.25) is 11.8 Å². The molecule has 0 saturated carbocycles. The molecule has 0 atom stereocenters. The summed E-state index contributed by atoms with van der Waals surface area (Å²) in [5.41, 5.74) is -0.526. The van der Waals surface area contributed by atoms with Gasteiger partial charge in [0.15, 0.2) is 11.6 Å². The third-order valence-corrected chi connectivity index (χ3v) is 3.49. The molecule has 1 aromatic carbocycles. The molecule has 2 aromatic rings. The van der Waals surface area contributed by atoms with Crippen LogP contribution in [0.2, 0.25) is 0 Å². The van der Waals surface area contributed by atoms with E-state index < -0.39 is 28.9 Å². The van der Waals surface area contributed by atoms with Crippen LogP contribution < -0.4 is 10.6 Å². The maximum Gasteiger partial charge on any atom is 0.239 e. The molecule has 24 heavy (non-hydrogen) atoms. The van der Waals surface area contributed by atoms with Crippen molar-refractivity contribution in [1.29, 1.82) is 0 Å². The molecule has 0 aliphatic carbocycles. The van der Waals surface area contributed by atoms with Gasteiger partial charge in [-0.3, -0.25) is 14.6 Å². The van der Waals surface area contributed by atoms with Crippen LogP contribution >= 0.6 is 0 Å². The van der Waals surface area contributed by atoms with Crippen LogP contribution in [0.25, 0.3) is 0 Å². The molecule has 5 nitrogen and oxygen atoms in total. The maximum absolute atomic E-state index is 13.2. The van der Waals surface area contributed by atoms with Gasteiger partial charge >= 0.3 is 0 Å². The zero-order valence-electron chi connectivity index (χ0n) is 13.3. The quantitative estimate of drug-likeness (QED) is 0.827. The minimum absolute atomic E-state index is 0.0760. The summed E-state index contributed by atoms with van der Waals surface area (Å²) in [5, 5.41) is 5.06. The van der Waals surface area contributed by atoms with Gasteiger partial charge in [0.05, 0.1) is 0 Å². The van der Waals surface area contributed by atoms with E-state index in [9.17, 15) is 18.4 Å². The largest absolute Gasteiger partial charge is 0.351 e. The average Bonchev–Trinajstić information content (AvgIpc) is 2.56. The molecule has 7 heteroatoms. The Morgan fingerprint density at radius 3 is 2.50 bits per heavy atom. The number of benzene rings is 1. The van der Waals surface area contributed by atoms with Crippen LogP contribution in [0.5, 0.6) is 0 Å². The number of pyridine rings is 1. The molecule has 126 valence electrons. The molecule has 2 N–H and O–H groups in total. The standard InChI is InChI=1S/C17H17F2N3O2/c1-17(2,15(23)21-10-11-4-3-7-20-9-11)16(24)22-12-5-6-13(18)14(19)8-12/h3-9H,10H2,1-2H3,(H,21,23)(H,22,24). The van der Waals surface area contributed by atoms with Crippen molar-refractivity contribution in [2.75, 3.05) is 5.32 Å². The summed E-state index contributed by atoms with van der Waals surface area (Å²) in [4.78, 5) is 28.5. The highest BCUT2D eigenvalue weighted by molar-refractivity contribution is 6.09. The summed E-state index contributed by atoms with van der Waals surface area (Å²) < 4.78 is 26.1. The molecule has 0 fully saturated rings. The Balaban J connectivity index is 2.00. The first-order valence-electron chi connectivity index (χ1n) is 7.24. The van der Waals surface area contributed by atoms with Crippen molar-refractivity contribution < 1.29 is 18.4 Å². The van der Waals surface area contributed by atoms with Crippen LogP contribution in [0.1, 0.15) is 19.4 Å². The Morgan fingerprint density at radius 1 is 1.12 bits per heavy atom. The fraction of sp³-hybridized carbons (Fsp3) is 0.235. The number of nitrogens with one attached hydrogen (secondary N) is 2. The number of aromatic nitrogens is 1. The third-order valence-electron chi connectivity index (χ3n) is 3.49. The lowest BCUT2D eigenvalue weighted by Crippen LogP contribution is -2.44. The normalized spacial score (nSPS) is 11.0. The Morgan fingerprint density at radius 2 is 1.88 bits per heavy atom. The van der Waals surface area contributed by atoms with E-state index in [-0.39, 0.29) is 12.2 Å². The predicted molar refractivity (Wildman–Crippen MR) is 84.9 cm³/mol. The zero-order chi connectivity index (χ0) is 17.7. The van der Waals surface area contributed by atoms with Gasteiger partial charge in [0, 0.05) is 30.7 Å². The minimum Gasteiger partial charge on any atom is -0.351 e. The molecule has 0 saturated heterocycles. The highest BCUT2D eigenvalue weighted by atomic mass is 19.2. The molecule has 0 radical (unpaired) electrons. The number of halogens is 2. The molecule has 0 aliphatic rings. The van der Waals surface area contributed by atoms with E-state index >= 15 is 0 Å². The highest BCUT2D eigenvalue weighted by Crippen LogP contribution is 2.20. The van der Waals surface area contributed by atoms with Gasteiger partial charge in [-0.1, -0.05) is 6.07 Å². The molecule has 0 spiro atoms. The van der Waals surface area contributed by atoms with E-state index in [0.717, 1.165) is 17.7 Å². The van der Waals surface area contributed by atoms with Crippen molar-refractivity contribution in [3.05, 3.63) is 59.9 Å². The second-order valence-corrected chi connectivity index (χ2v) is 5.75. The lowest BCUT2D eigenvalue weighted by molar-refractivity contribution is -0.138. The molecule has 2 amide bonds. The Bertz CT molecular complexity index is 749. The fourth-order valence-corrected chi connectivity index (χ4v) is 1.87. The first-order valence-corrected chi connectivity index (χ1v) is 7.24. The third kappa shape index (κ3) is 4.13. The number of carbonyl (C=O) groups excluding carboxylic acids is 2. The van der Waals surface area contributed by atoms with Crippen molar-refractivity contribution in [3.8, 4) is 0 Å². The van der Waals surface area contributed by atoms with Crippen LogP contribution in [-0.4, -0.2) is 16.8 Å². The van der Waals surface area contributed by atoms with Gasteiger partial charge in [-0.05, 0) is 37.6 Å². The number of anilines is 1. The first kappa shape index (κ1) is 17.5. The summed E-state index contributed by atoms with van der Waals surface area (Å²) >= 11 is 0. The molecule has 1 heterocycles. The topological polar surface area (TPSA) is 71.1 Å². The number of rotatable bonds is 5. The summed E-state index contributed by atoms with van der Waals surface area (Å²) in [5.74, 6) is -3.21. The molecule has 0 aliphatic heterocycles. The first-order chi connectivity index (χ1) is 11.3. The molecular weight excluding hydrogens is 316 g/mol. The van der Waals surface area contributed by atoms with Crippen molar-refractivity contribution in [2.24, 2.45) is 5.41 Å². The maximum atomic E-state index is 13.2. The number of hydrogen-bond donors (Lipinski definition) is 2. The second kappa shape index (κ2) is 7.16. The SMILES string of the molecule is CC(C)(C(=O)NCc1cccnc1)C(=O)Nc1ccc(F)c(F)c1. The minimum atomic E-state index is -1.40. The van der Waals surface area contributed by atoms with E-state index in [1.165, 1.54) is 19.9 Å². The molecule has 2 rings (SSSR count). The summed E-state index contributed by atoms with van der Waals surface area (Å²) in [7, 11) is 0. The van der Waals surface area contributed by atoms with Gasteiger partial charge in [-0.25, -0.2) is 8.78 Å². The van der Waals surface area contributed by atoms with E-state index in [1.807, 2.05) is 0 Å². The average molecular weight is 333 g/mol. The van der Waals surface area contributed by atoms with E-state index in [4.69, 9.17) is 0 Å². The van der Waals surface area contributed by atoms with Gasteiger partial charge in [-0.15, -0.1) is 0 Å². The lowest BCUT2D eigenvalue weighted by atomic mass is 9.91. The van der Waals surface area contributed by atoms with Crippen LogP contribution in [-0.2, 0) is 16.1 Å². The van der Waals surface area contributed by atoms with Crippen molar-refractivity contribution in [1.82, 2.24) is 10.3 Å². The van der Waals surface area contributed by atoms with E-state index in [2.05, 4.69) is 15.6 Å². The Labute approximate surface area is 138 Å².